The summed E-state index contributed by atoms with van der Waals surface area (Å²) in [5, 5.41) is 23.3. The summed E-state index contributed by atoms with van der Waals surface area (Å²) >= 11 is 5.81. The Hall–Kier alpha value is -1.66. The van der Waals surface area contributed by atoms with E-state index in [9.17, 15) is 20.0 Å². The molecule has 6 nitrogen and oxygen atoms in total. The number of nitro benzene ring substituents is 1. The van der Waals surface area contributed by atoms with E-state index < -0.39 is 10.8 Å². The van der Waals surface area contributed by atoms with Gasteiger partial charge in [-0.15, -0.1) is 0 Å². The van der Waals surface area contributed by atoms with Gasteiger partial charge in [0.1, 0.15) is 0 Å². The molecule has 1 aliphatic rings. The van der Waals surface area contributed by atoms with Crippen LogP contribution < -0.4 is 5.32 Å². The number of aliphatic hydroxyl groups is 1. The van der Waals surface area contributed by atoms with Gasteiger partial charge in [-0.2, -0.15) is 0 Å². The number of nitrogens with one attached hydrogen (secondary N) is 1. The fourth-order valence-corrected chi connectivity index (χ4v) is 2.95. The molecule has 114 valence electrons. The summed E-state index contributed by atoms with van der Waals surface area (Å²) in [7, 11) is 0. The van der Waals surface area contributed by atoms with Gasteiger partial charge < -0.3 is 10.4 Å². The van der Waals surface area contributed by atoms with E-state index in [0.717, 1.165) is 19.3 Å². The Labute approximate surface area is 127 Å². The lowest BCUT2D eigenvalue weighted by atomic mass is 9.85. The number of aliphatic hydroxyl groups excluding tert-OH is 1. The summed E-state index contributed by atoms with van der Waals surface area (Å²) in [4.78, 5) is 22.5. The normalized spacial score (nSPS) is 24.8. The van der Waals surface area contributed by atoms with Gasteiger partial charge in [-0.1, -0.05) is 24.9 Å². The molecule has 1 saturated carbocycles. The molecule has 0 heterocycles. The van der Waals surface area contributed by atoms with Crippen LogP contribution in [0.25, 0.3) is 0 Å². The second kappa shape index (κ2) is 5.99. The summed E-state index contributed by atoms with van der Waals surface area (Å²) < 4.78 is 0. The number of rotatable bonds is 4. The zero-order chi connectivity index (χ0) is 15.6. The van der Waals surface area contributed by atoms with E-state index in [1.807, 2.05) is 6.92 Å². The molecule has 2 rings (SSSR count). The maximum absolute atomic E-state index is 12.3. The minimum absolute atomic E-state index is 0.00631. The number of carbonyl (C=O) groups is 1. The number of non-ortho nitro benzene ring substituents is 1. The SMILES string of the molecule is CC1(CO)CCCC1NC(=O)c1cc(Cl)cc([N+](=O)[O-])c1. The van der Waals surface area contributed by atoms with Crippen LogP contribution in [-0.4, -0.2) is 28.6 Å². The highest BCUT2D eigenvalue weighted by Gasteiger charge is 2.39. The molecule has 2 N–H and O–H groups in total. The van der Waals surface area contributed by atoms with Crippen molar-refractivity contribution in [3.8, 4) is 0 Å². The molecule has 1 aromatic rings. The molecule has 0 aliphatic heterocycles. The second-order valence-corrected chi connectivity index (χ2v) is 6.12. The van der Waals surface area contributed by atoms with Crippen molar-refractivity contribution in [3.63, 3.8) is 0 Å². The van der Waals surface area contributed by atoms with E-state index >= 15 is 0 Å². The fourth-order valence-electron chi connectivity index (χ4n) is 2.72. The zero-order valence-corrected chi connectivity index (χ0v) is 12.4. The molecule has 1 aliphatic carbocycles. The highest BCUT2D eigenvalue weighted by atomic mass is 35.5. The lowest BCUT2D eigenvalue weighted by Gasteiger charge is -2.30. The third kappa shape index (κ3) is 3.33. The first kappa shape index (κ1) is 15.7. The monoisotopic (exact) mass is 312 g/mol. The predicted molar refractivity (Wildman–Crippen MR) is 78.4 cm³/mol. The molecular formula is C14H17ClN2O4. The van der Waals surface area contributed by atoms with Crippen molar-refractivity contribution < 1.29 is 14.8 Å². The molecule has 1 amide bonds. The van der Waals surface area contributed by atoms with Crippen LogP contribution in [0, 0.1) is 15.5 Å². The van der Waals surface area contributed by atoms with Gasteiger partial charge in [0.05, 0.1) is 11.5 Å². The van der Waals surface area contributed by atoms with Crippen molar-refractivity contribution in [2.75, 3.05) is 6.61 Å². The summed E-state index contributed by atoms with van der Waals surface area (Å²) in [5.41, 5.74) is -0.412. The zero-order valence-electron chi connectivity index (χ0n) is 11.6. The van der Waals surface area contributed by atoms with E-state index in [1.54, 1.807) is 0 Å². The summed E-state index contributed by atoms with van der Waals surface area (Å²) in [6.45, 7) is 1.92. The summed E-state index contributed by atoms with van der Waals surface area (Å²) in [6, 6.07) is 3.65. The van der Waals surface area contributed by atoms with Gasteiger partial charge in [-0.05, 0) is 18.9 Å². The van der Waals surface area contributed by atoms with Gasteiger partial charge in [0, 0.05) is 34.2 Å². The quantitative estimate of drug-likeness (QED) is 0.660. The summed E-state index contributed by atoms with van der Waals surface area (Å²) in [6.07, 6.45) is 2.55. The predicted octanol–water partition coefficient (Wildman–Crippen LogP) is 2.53. The number of benzene rings is 1. The van der Waals surface area contributed by atoms with Crippen LogP contribution in [-0.2, 0) is 0 Å². The number of halogens is 1. The number of amides is 1. The average molecular weight is 313 g/mol. The summed E-state index contributed by atoms with van der Waals surface area (Å²) in [5.74, 6) is -0.410. The minimum atomic E-state index is -0.587. The van der Waals surface area contributed by atoms with Crippen molar-refractivity contribution in [3.05, 3.63) is 38.9 Å². The molecule has 0 aromatic heterocycles. The molecule has 0 saturated heterocycles. The van der Waals surface area contributed by atoms with Gasteiger partial charge in [-0.25, -0.2) is 0 Å². The van der Waals surface area contributed by atoms with E-state index in [0.29, 0.717) is 0 Å². The van der Waals surface area contributed by atoms with Crippen LogP contribution >= 0.6 is 11.6 Å². The average Bonchev–Trinajstić information content (AvgIpc) is 2.80. The third-order valence-corrected chi connectivity index (χ3v) is 4.32. The Balaban J connectivity index is 2.19. The van der Waals surface area contributed by atoms with Crippen LogP contribution in [0.4, 0.5) is 5.69 Å². The second-order valence-electron chi connectivity index (χ2n) is 5.69. The van der Waals surface area contributed by atoms with E-state index in [4.69, 9.17) is 11.6 Å². The standard InChI is InChI=1S/C14H17ClN2O4/c1-14(8-18)4-2-3-12(14)16-13(19)9-5-10(15)7-11(6-9)17(20)21/h5-7,12,18H,2-4,8H2,1H3,(H,16,19). The molecule has 0 spiro atoms. The lowest BCUT2D eigenvalue weighted by Crippen LogP contribution is -2.44. The van der Waals surface area contributed by atoms with Gasteiger partial charge >= 0.3 is 0 Å². The van der Waals surface area contributed by atoms with Crippen molar-refractivity contribution in [2.24, 2.45) is 5.41 Å². The van der Waals surface area contributed by atoms with Crippen LogP contribution in [0.3, 0.4) is 0 Å². The molecule has 0 bridgehead atoms. The first-order valence-corrected chi connectivity index (χ1v) is 7.10. The van der Waals surface area contributed by atoms with Crippen LogP contribution in [0.2, 0.25) is 5.02 Å². The highest BCUT2D eigenvalue weighted by molar-refractivity contribution is 6.31. The molecule has 7 heteroatoms. The Kier molecular flexibility index (Phi) is 4.49. The Bertz CT molecular complexity index is 578. The van der Waals surface area contributed by atoms with Crippen molar-refractivity contribution >= 4 is 23.2 Å². The lowest BCUT2D eigenvalue weighted by molar-refractivity contribution is -0.384. The smallest absolute Gasteiger partial charge is 0.271 e. The molecule has 1 aromatic carbocycles. The molecule has 2 unspecified atom stereocenters. The molecule has 2 atom stereocenters. The number of hydrogen-bond acceptors (Lipinski definition) is 4. The van der Waals surface area contributed by atoms with Crippen LogP contribution in [0.1, 0.15) is 36.5 Å². The maximum Gasteiger partial charge on any atom is 0.271 e. The van der Waals surface area contributed by atoms with Gasteiger partial charge in [0.15, 0.2) is 0 Å². The Morgan fingerprint density at radius 3 is 2.90 bits per heavy atom. The van der Waals surface area contributed by atoms with Gasteiger partial charge in [0.2, 0.25) is 0 Å². The van der Waals surface area contributed by atoms with Crippen molar-refractivity contribution in [2.45, 2.75) is 32.2 Å². The number of nitro groups is 1. The van der Waals surface area contributed by atoms with Crippen LogP contribution in [0.5, 0.6) is 0 Å². The molecular weight excluding hydrogens is 296 g/mol. The van der Waals surface area contributed by atoms with Crippen molar-refractivity contribution in [1.82, 2.24) is 5.32 Å². The molecule has 0 radical (unpaired) electrons. The molecule has 21 heavy (non-hydrogen) atoms. The van der Waals surface area contributed by atoms with Crippen molar-refractivity contribution in [1.29, 1.82) is 0 Å². The first-order chi connectivity index (χ1) is 9.85. The van der Waals surface area contributed by atoms with E-state index in [2.05, 4.69) is 5.32 Å². The number of hydrogen-bond donors (Lipinski definition) is 2. The highest BCUT2D eigenvalue weighted by Crippen LogP contribution is 2.37. The first-order valence-electron chi connectivity index (χ1n) is 6.72. The number of nitrogens with zero attached hydrogens (tertiary/aromatic N) is 1. The number of carbonyl (C=O) groups excluding carboxylic acids is 1. The van der Waals surface area contributed by atoms with Crippen LogP contribution in [0.15, 0.2) is 18.2 Å². The topological polar surface area (TPSA) is 92.5 Å². The largest absolute Gasteiger partial charge is 0.396 e. The van der Waals surface area contributed by atoms with Gasteiger partial charge in [-0.3, -0.25) is 14.9 Å². The molecule has 1 fully saturated rings. The Morgan fingerprint density at radius 2 is 2.29 bits per heavy atom. The van der Waals surface area contributed by atoms with Gasteiger partial charge in [0.25, 0.3) is 11.6 Å². The van der Waals surface area contributed by atoms with E-state index in [1.165, 1.54) is 18.2 Å². The Morgan fingerprint density at radius 1 is 1.57 bits per heavy atom. The minimum Gasteiger partial charge on any atom is -0.396 e. The maximum atomic E-state index is 12.3. The fraction of sp³-hybridized carbons (Fsp3) is 0.500. The third-order valence-electron chi connectivity index (χ3n) is 4.10. The van der Waals surface area contributed by atoms with E-state index in [-0.39, 0.29) is 34.3 Å².